The summed E-state index contributed by atoms with van der Waals surface area (Å²) >= 11 is 4.26. The highest BCUT2D eigenvalue weighted by molar-refractivity contribution is 7.80. The molecule has 1 saturated carbocycles. The fourth-order valence-electron chi connectivity index (χ4n) is 3.40. The summed E-state index contributed by atoms with van der Waals surface area (Å²) in [4.78, 5) is 52.3. The van der Waals surface area contributed by atoms with Crippen molar-refractivity contribution in [2.45, 2.75) is 63.8 Å². The number of alkyl carbamates (subject to hydrolysis) is 1. The van der Waals surface area contributed by atoms with Crippen LogP contribution in [0.15, 0.2) is 30.3 Å². The Kier molecular flexibility index (Phi) is 9.57. The maximum atomic E-state index is 13.7. The van der Waals surface area contributed by atoms with Crippen LogP contribution in [0.25, 0.3) is 0 Å². The molecule has 1 aliphatic carbocycles. The molecule has 2 atom stereocenters. The summed E-state index contributed by atoms with van der Waals surface area (Å²) in [5.41, 5.74) is -0.141. The molecule has 2 unspecified atom stereocenters. The number of nitrogens with one attached hydrogen (secondary N) is 2. The molecule has 1 aliphatic rings. The standard InChI is InChI=1S/C23H33N3O6S/c1-23(2,3)32-22(30)25-17(14-33)21(29)26(16-11-8-12-16)19(15-9-6-5-7-10-15)20(28)24-13-18(27)31-4/h5-7,9-10,16-17,19,33H,8,11-14H2,1-4H3,(H,24,28)(H,25,30). The maximum Gasteiger partial charge on any atom is 0.408 e. The molecule has 0 spiro atoms. The van der Waals surface area contributed by atoms with Gasteiger partial charge in [0.1, 0.15) is 24.2 Å². The highest BCUT2D eigenvalue weighted by Crippen LogP contribution is 2.33. The van der Waals surface area contributed by atoms with E-state index in [0.717, 1.165) is 19.3 Å². The minimum Gasteiger partial charge on any atom is -0.468 e. The third-order valence-electron chi connectivity index (χ3n) is 5.17. The van der Waals surface area contributed by atoms with Crippen molar-refractivity contribution in [1.82, 2.24) is 15.5 Å². The van der Waals surface area contributed by atoms with Crippen molar-refractivity contribution in [2.24, 2.45) is 0 Å². The van der Waals surface area contributed by atoms with Crippen LogP contribution < -0.4 is 10.6 Å². The third-order valence-corrected chi connectivity index (χ3v) is 5.54. The maximum absolute atomic E-state index is 13.7. The van der Waals surface area contributed by atoms with Gasteiger partial charge in [0.2, 0.25) is 11.8 Å². The Morgan fingerprint density at radius 3 is 2.27 bits per heavy atom. The Morgan fingerprint density at radius 1 is 1.15 bits per heavy atom. The Morgan fingerprint density at radius 2 is 1.79 bits per heavy atom. The van der Waals surface area contributed by atoms with Gasteiger partial charge in [-0.25, -0.2) is 4.79 Å². The Balaban J connectivity index is 2.35. The molecule has 10 heteroatoms. The monoisotopic (exact) mass is 479 g/mol. The topological polar surface area (TPSA) is 114 Å². The molecule has 9 nitrogen and oxygen atoms in total. The van der Waals surface area contributed by atoms with Crippen LogP contribution in [-0.4, -0.2) is 65.9 Å². The Labute approximate surface area is 200 Å². The zero-order valence-corrected chi connectivity index (χ0v) is 20.4. The zero-order chi connectivity index (χ0) is 24.6. The van der Waals surface area contributed by atoms with Gasteiger partial charge < -0.3 is 25.0 Å². The SMILES string of the molecule is COC(=O)CNC(=O)C(c1ccccc1)N(C(=O)C(CS)NC(=O)OC(C)(C)C)C1CCC1. The van der Waals surface area contributed by atoms with Gasteiger partial charge in [-0.1, -0.05) is 30.3 Å². The van der Waals surface area contributed by atoms with E-state index >= 15 is 0 Å². The second-order valence-corrected chi connectivity index (χ2v) is 9.18. The average Bonchev–Trinajstić information content (AvgIpc) is 2.73. The molecule has 1 aromatic carbocycles. The quantitative estimate of drug-likeness (QED) is 0.370. The molecule has 3 amide bonds. The molecule has 2 rings (SSSR count). The molecule has 2 N–H and O–H groups in total. The highest BCUT2D eigenvalue weighted by Gasteiger charge is 2.41. The number of amides is 3. The lowest BCUT2D eigenvalue weighted by Crippen LogP contribution is -2.58. The van der Waals surface area contributed by atoms with Crippen LogP contribution in [0.5, 0.6) is 0 Å². The van der Waals surface area contributed by atoms with Crippen molar-refractivity contribution < 1.29 is 28.7 Å². The minimum atomic E-state index is -0.997. The van der Waals surface area contributed by atoms with Crippen molar-refractivity contribution >= 4 is 36.5 Å². The van der Waals surface area contributed by atoms with Gasteiger partial charge in [0, 0.05) is 11.8 Å². The van der Waals surface area contributed by atoms with Gasteiger partial charge in [-0.05, 0) is 45.6 Å². The van der Waals surface area contributed by atoms with Gasteiger partial charge >= 0.3 is 12.1 Å². The lowest BCUT2D eigenvalue weighted by atomic mass is 9.88. The predicted octanol–water partition coefficient (Wildman–Crippen LogP) is 2.22. The summed E-state index contributed by atoms with van der Waals surface area (Å²) in [5, 5.41) is 5.14. The van der Waals surface area contributed by atoms with Gasteiger partial charge in [-0.3, -0.25) is 14.4 Å². The van der Waals surface area contributed by atoms with Crippen molar-refractivity contribution in [3.05, 3.63) is 35.9 Å². The minimum absolute atomic E-state index is 0.0204. The van der Waals surface area contributed by atoms with E-state index in [1.807, 2.05) is 6.07 Å². The van der Waals surface area contributed by atoms with E-state index in [1.54, 1.807) is 45.0 Å². The number of nitrogens with zero attached hydrogens (tertiary/aromatic N) is 1. The van der Waals surface area contributed by atoms with E-state index in [-0.39, 0.29) is 18.3 Å². The predicted molar refractivity (Wildman–Crippen MR) is 126 cm³/mol. The normalized spacial score (nSPS) is 15.4. The number of benzene rings is 1. The van der Waals surface area contributed by atoms with Gasteiger partial charge in [-0.2, -0.15) is 12.6 Å². The van der Waals surface area contributed by atoms with Gasteiger partial charge in [-0.15, -0.1) is 0 Å². The molecule has 1 fully saturated rings. The van der Waals surface area contributed by atoms with Crippen molar-refractivity contribution in [2.75, 3.05) is 19.4 Å². The molecular formula is C23H33N3O6S. The Bertz CT molecular complexity index is 838. The van der Waals surface area contributed by atoms with Crippen LogP contribution in [0.1, 0.15) is 51.6 Å². The molecule has 0 aliphatic heterocycles. The lowest BCUT2D eigenvalue weighted by molar-refractivity contribution is -0.148. The van der Waals surface area contributed by atoms with Crippen LogP contribution in [0, 0.1) is 0 Å². The first-order valence-electron chi connectivity index (χ1n) is 10.9. The van der Waals surface area contributed by atoms with Gasteiger partial charge in [0.15, 0.2) is 0 Å². The van der Waals surface area contributed by atoms with E-state index in [1.165, 1.54) is 12.0 Å². The van der Waals surface area contributed by atoms with Crippen molar-refractivity contribution in [3.8, 4) is 0 Å². The van der Waals surface area contributed by atoms with E-state index < -0.39 is 41.6 Å². The number of ether oxygens (including phenoxy) is 2. The van der Waals surface area contributed by atoms with E-state index in [4.69, 9.17) is 4.74 Å². The summed E-state index contributed by atoms with van der Waals surface area (Å²) in [6.07, 6.45) is 1.64. The fraction of sp³-hybridized carbons (Fsp3) is 0.565. The Hall–Kier alpha value is -2.75. The van der Waals surface area contributed by atoms with Crippen molar-refractivity contribution in [1.29, 1.82) is 0 Å². The number of carbonyl (C=O) groups is 4. The van der Waals surface area contributed by atoms with Crippen LogP contribution in [0.4, 0.5) is 4.79 Å². The van der Waals surface area contributed by atoms with E-state index in [0.29, 0.717) is 5.56 Å². The number of hydrogen-bond acceptors (Lipinski definition) is 7. The third kappa shape index (κ3) is 7.66. The number of hydrogen-bond donors (Lipinski definition) is 3. The number of methoxy groups -OCH3 is 1. The molecule has 0 radical (unpaired) electrons. The number of carbonyl (C=O) groups excluding carboxylic acids is 4. The molecule has 0 bridgehead atoms. The summed E-state index contributed by atoms with van der Waals surface area (Å²) in [7, 11) is 1.23. The molecule has 33 heavy (non-hydrogen) atoms. The summed E-state index contributed by atoms with van der Waals surface area (Å²) in [6, 6.07) is 6.68. The summed E-state index contributed by atoms with van der Waals surface area (Å²) in [5.74, 6) is -1.53. The van der Waals surface area contributed by atoms with Crippen LogP contribution >= 0.6 is 12.6 Å². The van der Waals surface area contributed by atoms with Crippen LogP contribution in [0.3, 0.4) is 0 Å². The molecule has 0 heterocycles. The number of esters is 1. The molecule has 1 aromatic rings. The smallest absolute Gasteiger partial charge is 0.408 e. The lowest BCUT2D eigenvalue weighted by Gasteiger charge is -2.43. The zero-order valence-electron chi connectivity index (χ0n) is 19.5. The van der Waals surface area contributed by atoms with Gasteiger partial charge in [0.05, 0.1) is 7.11 Å². The first kappa shape index (κ1) is 26.5. The van der Waals surface area contributed by atoms with E-state index in [9.17, 15) is 19.2 Å². The fourth-order valence-corrected chi connectivity index (χ4v) is 3.65. The number of thiol groups is 1. The van der Waals surface area contributed by atoms with Crippen molar-refractivity contribution in [3.63, 3.8) is 0 Å². The van der Waals surface area contributed by atoms with Crippen LogP contribution in [-0.2, 0) is 23.9 Å². The van der Waals surface area contributed by atoms with E-state index in [2.05, 4.69) is 28.0 Å². The highest BCUT2D eigenvalue weighted by atomic mass is 32.1. The first-order valence-corrected chi connectivity index (χ1v) is 11.5. The first-order chi connectivity index (χ1) is 15.6. The summed E-state index contributed by atoms with van der Waals surface area (Å²) in [6.45, 7) is 4.85. The van der Waals surface area contributed by atoms with Gasteiger partial charge in [0.25, 0.3) is 0 Å². The largest absolute Gasteiger partial charge is 0.468 e. The molecular weight excluding hydrogens is 446 g/mol. The number of rotatable bonds is 9. The second-order valence-electron chi connectivity index (χ2n) is 8.82. The molecule has 182 valence electrons. The summed E-state index contributed by atoms with van der Waals surface area (Å²) < 4.78 is 9.89. The molecule has 0 aromatic heterocycles. The second kappa shape index (κ2) is 11.9. The van der Waals surface area contributed by atoms with Crippen LogP contribution in [0.2, 0.25) is 0 Å². The molecule has 0 saturated heterocycles. The average molecular weight is 480 g/mol.